The Bertz CT molecular complexity index is 966. The second-order valence-electron chi connectivity index (χ2n) is 7.22. The van der Waals surface area contributed by atoms with Gasteiger partial charge in [0.2, 0.25) is 9.76 Å². The fraction of sp³-hybridized carbons (Fsp3) is 0.238. The third kappa shape index (κ3) is 2.62. The Labute approximate surface area is 139 Å². The van der Waals surface area contributed by atoms with Crippen LogP contribution in [-0.2, 0) is 11.0 Å². The first-order valence-corrected chi connectivity index (χ1v) is 8.98. The maximum atomic E-state index is 6.00. The van der Waals surface area contributed by atoms with Crippen LogP contribution in [0.3, 0.4) is 0 Å². The van der Waals surface area contributed by atoms with Crippen LogP contribution in [0.4, 0.5) is 0 Å². The Kier molecular flexibility index (Phi) is 3.40. The van der Waals surface area contributed by atoms with E-state index in [4.69, 9.17) is 4.43 Å². The lowest BCUT2D eigenvalue weighted by Crippen LogP contribution is -2.12. The van der Waals surface area contributed by atoms with Gasteiger partial charge in [-0.2, -0.15) is 0 Å². The van der Waals surface area contributed by atoms with Crippen LogP contribution in [0.2, 0.25) is 5.04 Å². The van der Waals surface area contributed by atoms with Gasteiger partial charge < -0.3 is 4.43 Å². The maximum absolute atomic E-state index is 6.00. The molecule has 0 spiro atoms. The van der Waals surface area contributed by atoms with Crippen molar-refractivity contribution in [3.05, 3.63) is 60.2 Å². The zero-order chi connectivity index (χ0) is 16.0. The summed E-state index contributed by atoms with van der Waals surface area (Å²) in [6.07, 6.45) is 0. The summed E-state index contributed by atoms with van der Waals surface area (Å²) < 4.78 is 6.00. The fourth-order valence-electron chi connectivity index (χ4n) is 3.25. The molecule has 2 heteroatoms. The predicted octanol–water partition coefficient (Wildman–Crippen LogP) is 5.94. The molecule has 0 amide bonds. The van der Waals surface area contributed by atoms with E-state index in [1.165, 1.54) is 37.9 Å². The Morgan fingerprint density at radius 2 is 1.39 bits per heavy atom. The molecule has 0 unspecified atom stereocenters. The molecule has 4 rings (SSSR count). The summed E-state index contributed by atoms with van der Waals surface area (Å²) in [5, 5.41) is 8.25. The van der Waals surface area contributed by atoms with Crippen molar-refractivity contribution in [3.8, 4) is 0 Å². The molecule has 23 heavy (non-hydrogen) atoms. The lowest BCUT2D eigenvalue weighted by Gasteiger charge is -2.17. The molecule has 4 aromatic carbocycles. The van der Waals surface area contributed by atoms with Gasteiger partial charge in [0.05, 0.1) is 6.61 Å². The van der Waals surface area contributed by atoms with Crippen LogP contribution in [0.25, 0.3) is 32.3 Å². The molecule has 0 saturated heterocycles. The van der Waals surface area contributed by atoms with E-state index in [0.29, 0.717) is 16.4 Å². The molecule has 0 aromatic heterocycles. The molecule has 0 N–H and O–H groups in total. The quantitative estimate of drug-likeness (QED) is 0.336. The van der Waals surface area contributed by atoms with Crippen molar-refractivity contribution in [1.82, 2.24) is 0 Å². The number of hydrogen-bond acceptors (Lipinski definition) is 1. The van der Waals surface area contributed by atoms with Gasteiger partial charge in [0.1, 0.15) is 0 Å². The van der Waals surface area contributed by atoms with E-state index in [2.05, 4.69) is 75.4 Å². The zero-order valence-electron chi connectivity index (χ0n) is 13.8. The van der Waals surface area contributed by atoms with Gasteiger partial charge >= 0.3 is 0 Å². The first-order valence-electron chi connectivity index (χ1n) is 8.07. The smallest absolute Gasteiger partial charge is 0.236 e. The highest BCUT2D eigenvalue weighted by Crippen LogP contribution is 2.36. The lowest BCUT2D eigenvalue weighted by molar-refractivity contribution is 0.311. The molecule has 114 valence electrons. The van der Waals surface area contributed by atoms with Crippen LogP contribution < -0.4 is 0 Å². The SMILES string of the molecule is CC(C)(C)[Si]OCc1ccc2ccc3cccc4ccc1c2c34. The van der Waals surface area contributed by atoms with Gasteiger partial charge in [0, 0.05) is 0 Å². The second-order valence-corrected chi connectivity index (χ2v) is 9.21. The third-order valence-electron chi connectivity index (χ3n) is 4.22. The maximum Gasteiger partial charge on any atom is 0.236 e. The van der Waals surface area contributed by atoms with Crippen molar-refractivity contribution >= 4 is 42.1 Å². The Morgan fingerprint density at radius 3 is 2.09 bits per heavy atom. The number of rotatable bonds is 3. The van der Waals surface area contributed by atoms with Crippen molar-refractivity contribution in [2.75, 3.05) is 0 Å². The Balaban J connectivity index is 1.86. The molecule has 2 radical (unpaired) electrons. The fourth-order valence-corrected chi connectivity index (χ4v) is 3.91. The molecule has 1 nitrogen and oxygen atoms in total. The zero-order valence-corrected chi connectivity index (χ0v) is 14.8. The van der Waals surface area contributed by atoms with Crippen molar-refractivity contribution in [1.29, 1.82) is 0 Å². The summed E-state index contributed by atoms with van der Waals surface area (Å²) in [6.45, 7) is 7.34. The van der Waals surface area contributed by atoms with Crippen molar-refractivity contribution in [2.45, 2.75) is 32.4 Å². The Hall–Kier alpha value is -1.90. The highest BCUT2D eigenvalue weighted by atomic mass is 28.2. The molecular weight excluding hydrogens is 296 g/mol. The van der Waals surface area contributed by atoms with Gasteiger partial charge in [-0.15, -0.1) is 0 Å². The van der Waals surface area contributed by atoms with Crippen molar-refractivity contribution in [2.24, 2.45) is 0 Å². The van der Waals surface area contributed by atoms with Gasteiger partial charge in [0.25, 0.3) is 0 Å². The van der Waals surface area contributed by atoms with E-state index in [-0.39, 0.29) is 5.04 Å². The van der Waals surface area contributed by atoms with Gasteiger partial charge in [-0.05, 0) is 42.9 Å². The van der Waals surface area contributed by atoms with Crippen LogP contribution in [0.1, 0.15) is 26.3 Å². The van der Waals surface area contributed by atoms with Crippen LogP contribution in [0.15, 0.2) is 54.6 Å². The standard InChI is InChI=1S/C21H20OSi/c1-21(2,3)23-22-13-17-10-9-16-8-7-14-5-4-6-15-11-12-18(17)20(16)19(14)15/h4-12H,13H2,1-3H3. The van der Waals surface area contributed by atoms with E-state index in [9.17, 15) is 0 Å². The number of hydrogen-bond donors (Lipinski definition) is 0. The van der Waals surface area contributed by atoms with Crippen LogP contribution >= 0.6 is 0 Å². The minimum absolute atomic E-state index is 0.226. The molecular formula is C21H20OSi. The highest BCUT2D eigenvalue weighted by molar-refractivity contribution is 6.31. The van der Waals surface area contributed by atoms with Gasteiger partial charge in [0.15, 0.2) is 0 Å². The average Bonchev–Trinajstić information content (AvgIpc) is 2.52. The van der Waals surface area contributed by atoms with E-state index in [0.717, 1.165) is 0 Å². The minimum atomic E-state index is 0.226. The van der Waals surface area contributed by atoms with Gasteiger partial charge in [-0.25, -0.2) is 0 Å². The molecule has 0 atom stereocenters. The predicted molar refractivity (Wildman–Crippen MR) is 100 cm³/mol. The first-order chi connectivity index (χ1) is 11.0. The molecule has 0 bridgehead atoms. The first kappa shape index (κ1) is 14.7. The largest absolute Gasteiger partial charge is 0.413 e. The molecule has 0 aliphatic carbocycles. The van der Waals surface area contributed by atoms with E-state index in [1.54, 1.807) is 0 Å². The second kappa shape index (κ2) is 5.33. The van der Waals surface area contributed by atoms with E-state index >= 15 is 0 Å². The third-order valence-corrected chi connectivity index (χ3v) is 5.13. The topological polar surface area (TPSA) is 9.23 Å². The molecule has 0 fully saturated rings. The average molecular weight is 316 g/mol. The normalized spacial score (nSPS) is 12.7. The summed E-state index contributed by atoms with van der Waals surface area (Å²) in [5.41, 5.74) is 1.28. The van der Waals surface area contributed by atoms with Crippen LogP contribution in [0, 0.1) is 0 Å². The van der Waals surface area contributed by atoms with E-state index < -0.39 is 0 Å². The molecule has 0 heterocycles. The monoisotopic (exact) mass is 316 g/mol. The number of benzene rings is 4. The summed E-state index contributed by atoms with van der Waals surface area (Å²) in [5.74, 6) is 0. The molecule has 4 aromatic rings. The van der Waals surface area contributed by atoms with Crippen LogP contribution in [-0.4, -0.2) is 9.76 Å². The molecule has 0 aliphatic heterocycles. The Morgan fingerprint density at radius 1 is 0.783 bits per heavy atom. The van der Waals surface area contributed by atoms with Crippen molar-refractivity contribution in [3.63, 3.8) is 0 Å². The van der Waals surface area contributed by atoms with Gasteiger partial charge in [-0.1, -0.05) is 75.4 Å². The lowest BCUT2D eigenvalue weighted by atomic mass is 9.92. The summed E-state index contributed by atoms with van der Waals surface area (Å²) in [6, 6.07) is 19.9. The minimum Gasteiger partial charge on any atom is -0.413 e. The highest BCUT2D eigenvalue weighted by Gasteiger charge is 2.15. The van der Waals surface area contributed by atoms with E-state index in [1.807, 2.05) is 0 Å². The molecule has 0 aliphatic rings. The van der Waals surface area contributed by atoms with Crippen molar-refractivity contribution < 1.29 is 4.43 Å². The summed E-state index contributed by atoms with van der Waals surface area (Å²) in [4.78, 5) is 0. The summed E-state index contributed by atoms with van der Waals surface area (Å²) in [7, 11) is 0.514. The molecule has 0 saturated carbocycles. The summed E-state index contributed by atoms with van der Waals surface area (Å²) >= 11 is 0. The van der Waals surface area contributed by atoms with Crippen LogP contribution in [0.5, 0.6) is 0 Å². The van der Waals surface area contributed by atoms with Gasteiger partial charge in [-0.3, -0.25) is 0 Å².